The van der Waals surface area contributed by atoms with E-state index in [-0.39, 0.29) is 18.1 Å². The molecule has 2 N–H and O–H groups in total. The van der Waals surface area contributed by atoms with Crippen LogP contribution in [0.3, 0.4) is 0 Å². The molecule has 160 valence electrons. The van der Waals surface area contributed by atoms with Crippen LogP contribution in [0.15, 0.2) is 36.7 Å². The van der Waals surface area contributed by atoms with Crippen LogP contribution in [-0.2, 0) is 6.18 Å². The van der Waals surface area contributed by atoms with Gasteiger partial charge in [0.2, 0.25) is 5.95 Å². The molecule has 1 aromatic heterocycles. The normalized spacial score (nSPS) is 18.6. The summed E-state index contributed by atoms with van der Waals surface area (Å²) in [6.07, 6.45) is 2.90. The topological polar surface area (TPSA) is 61.3 Å². The summed E-state index contributed by atoms with van der Waals surface area (Å²) in [6, 6.07) is 6.62. The molecule has 5 nitrogen and oxygen atoms in total. The Bertz CT molecular complexity index is 958. The summed E-state index contributed by atoms with van der Waals surface area (Å²) in [5, 5.41) is 12.9. The van der Waals surface area contributed by atoms with Crippen LogP contribution in [0.1, 0.15) is 42.5 Å². The van der Waals surface area contributed by atoms with Crippen molar-refractivity contribution in [1.29, 1.82) is 0 Å². The van der Waals surface area contributed by atoms with Crippen LogP contribution in [0, 0.1) is 6.92 Å². The maximum atomic E-state index is 12.9. The molecule has 0 bridgehead atoms. The summed E-state index contributed by atoms with van der Waals surface area (Å²) in [5.74, 6) is 0.685. The minimum atomic E-state index is -4.52. The van der Waals surface area contributed by atoms with Gasteiger partial charge in [0.15, 0.2) is 0 Å². The predicted octanol–water partition coefficient (Wildman–Crippen LogP) is 5.16. The molecule has 0 radical (unpaired) electrons. The van der Waals surface area contributed by atoms with Crippen molar-refractivity contribution in [3.05, 3.63) is 53.5 Å². The van der Waals surface area contributed by atoms with Gasteiger partial charge in [0.05, 0.1) is 18.0 Å². The molecule has 1 aliphatic carbocycles. The Hall–Kier alpha value is -2.26. The lowest BCUT2D eigenvalue weighted by atomic mass is 9.97. The van der Waals surface area contributed by atoms with Crippen molar-refractivity contribution in [2.75, 3.05) is 17.8 Å². The minimum Gasteiger partial charge on any atom is -0.394 e. The molecule has 0 amide bonds. The van der Waals surface area contributed by atoms with Crippen LogP contribution in [0.5, 0.6) is 0 Å². The summed E-state index contributed by atoms with van der Waals surface area (Å²) in [5.41, 5.74) is 1.42. The first-order valence-electron chi connectivity index (χ1n) is 9.81. The monoisotopic (exact) mass is 436 g/mol. The third-order valence-electron chi connectivity index (χ3n) is 5.63. The first-order valence-corrected chi connectivity index (χ1v) is 10.8. The largest absolute Gasteiger partial charge is 0.433 e. The van der Waals surface area contributed by atoms with Gasteiger partial charge in [-0.05, 0) is 49.1 Å². The van der Waals surface area contributed by atoms with Crippen molar-refractivity contribution in [2.45, 2.75) is 44.3 Å². The molecule has 1 aliphatic heterocycles. The Balaban J connectivity index is 1.58. The van der Waals surface area contributed by atoms with Crippen molar-refractivity contribution in [2.24, 2.45) is 0 Å². The highest BCUT2D eigenvalue weighted by Gasteiger charge is 2.39. The Labute approximate surface area is 177 Å². The van der Waals surface area contributed by atoms with E-state index in [1.165, 1.54) is 0 Å². The van der Waals surface area contributed by atoms with Gasteiger partial charge in [-0.2, -0.15) is 13.2 Å². The highest BCUT2D eigenvalue weighted by molar-refractivity contribution is 8.08. The lowest BCUT2D eigenvalue weighted by molar-refractivity contribution is -0.141. The quantitative estimate of drug-likeness (QED) is 0.675. The predicted molar refractivity (Wildman–Crippen MR) is 112 cm³/mol. The van der Waals surface area contributed by atoms with Crippen LogP contribution >= 0.6 is 11.8 Å². The number of aromatic nitrogens is 2. The fourth-order valence-corrected chi connectivity index (χ4v) is 5.17. The van der Waals surface area contributed by atoms with Gasteiger partial charge in [-0.1, -0.05) is 18.9 Å². The molecule has 2 heterocycles. The number of hydrogen-bond donors (Lipinski definition) is 2. The van der Waals surface area contributed by atoms with Gasteiger partial charge in [-0.3, -0.25) is 0 Å². The third kappa shape index (κ3) is 4.27. The van der Waals surface area contributed by atoms with Crippen LogP contribution < -0.4 is 5.32 Å². The zero-order valence-electron chi connectivity index (χ0n) is 16.5. The van der Waals surface area contributed by atoms with Crippen LogP contribution in [0.4, 0.5) is 24.8 Å². The van der Waals surface area contributed by atoms with E-state index in [1.54, 1.807) is 11.8 Å². The first-order chi connectivity index (χ1) is 14.3. The van der Waals surface area contributed by atoms with Gasteiger partial charge in [0, 0.05) is 23.0 Å². The molecule has 1 fully saturated rings. The van der Waals surface area contributed by atoms with Crippen molar-refractivity contribution in [3.63, 3.8) is 0 Å². The van der Waals surface area contributed by atoms with Gasteiger partial charge < -0.3 is 15.3 Å². The average Bonchev–Trinajstić information content (AvgIpc) is 3.37. The van der Waals surface area contributed by atoms with E-state index in [4.69, 9.17) is 0 Å². The number of aliphatic hydroxyl groups excluding tert-OH is 1. The Morgan fingerprint density at radius 1 is 1.23 bits per heavy atom. The fraction of sp³-hybridized carbons (Fsp3) is 0.429. The number of hydrogen-bond acceptors (Lipinski definition) is 6. The van der Waals surface area contributed by atoms with Crippen molar-refractivity contribution < 1.29 is 18.3 Å². The summed E-state index contributed by atoms with van der Waals surface area (Å²) < 4.78 is 38.7. The zero-order valence-corrected chi connectivity index (χ0v) is 17.4. The SMILES string of the molecule is Cc1cc(Nc2nccc(C(F)(F)F)n2)cc(C2=CN(C3(CO)CCCC3)CS2)c1. The fourth-order valence-electron chi connectivity index (χ4n) is 4.06. The second-order valence-electron chi connectivity index (χ2n) is 7.80. The maximum absolute atomic E-state index is 12.9. The lowest BCUT2D eigenvalue weighted by Gasteiger charge is -2.36. The van der Waals surface area contributed by atoms with Gasteiger partial charge >= 0.3 is 6.18 Å². The summed E-state index contributed by atoms with van der Waals surface area (Å²) in [7, 11) is 0. The second-order valence-corrected chi connectivity index (χ2v) is 8.79. The highest BCUT2D eigenvalue weighted by Crippen LogP contribution is 2.44. The minimum absolute atomic E-state index is 0.0961. The van der Waals surface area contributed by atoms with Crippen LogP contribution in [0.2, 0.25) is 0 Å². The number of benzene rings is 1. The smallest absolute Gasteiger partial charge is 0.394 e. The number of nitrogens with zero attached hydrogens (tertiary/aromatic N) is 3. The van der Waals surface area contributed by atoms with Gasteiger partial charge in [0.25, 0.3) is 0 Å². The van der Waals surface area contributed by atoms with Crippen LogP contribution in [0.25, 0.3) is 4.91 Å². The summed E-state index contributed by atoms with van der Waals surface area (Å²) in [6.45, 7) is 2.08. The molecule has 2 aliphatic rings. The maximum Gasteiger partial charge on any atom is 0.433 e. The van der Waals surface area contributed by atoms with Gasteiger partial charge in [-0.15, -0.1) is 11.8 Å². The number of alkyl halides is 3. The van der Waals surface area contributed by atoms with E-state index in [0.29, 0.717) is 5.69 Å². The Kier molecular flexibility index (Phi) is 5.67. The molecule has 0 atom stereocenters. The number of aliphatic hydroxyl groups is 1. The number of halogens is 3. The molecule has 0 saturated heterocycles. The number of thioether (sulfide) groups is 1. The zero-order chi connectivity index (χ0) is 21.4. The summed E-state index contributed by atoms with van der Waals surface area (Å²) in [4.78, 5) is 10.8. The van der Waals surface area contributed by atoms with E-state index < -0.39 is 11.9 Å². The Morgan fingerprint density at radius 3 is 2.70 bits per heavy atom. The molecule has 2 aromatic rings. The van der Waals surface area contributed by atoms with Crippen molar-refractivity contribution in [1.82, 2.24) is 14.9 Å². The molecule has 9 heteroatoms. The summed E-state index contributed by atoms with van der Waals surface area (Å²) >= 11 is 1.70. The number of rotatable bonds is 5. The van der Waals surface area contributed by atoms with Gasteiger partial charge in [0.1, 0.15) is 5.69 Å². The Morgan fingerprint density at radius 2 is 2.00 bits per heavy atom. The van der Waals surface area contributed by atoms with Crippen molar-refractivity contribution >= 4 is 28.3 Å². The van der Waals surface area contributed by atoms with E-state index in [9.17, 15) is 18.3 Å². The standard InChI is InChI=1S/C21H23F3N4OS/c1-14-8-15(17-11-28(13-30-17)20(12-29)5-2-3-6-20)10-16(9-14)26-19-25-7-4-18(27-19)21(22,23)24/h4,7-11,29H,2-3,5-6,12-13H2,1H3,(H,25,26,27). The van der Waals surface area contributed by atoms with Gasteiger partial charge in [-0.25, -0.2) is 9.97 Å². The second kappa shape index (κ2) is 8.11. The average molecular weight is 437 g/mol. The van der Waals surface area contributed by atoms with E-state index in [2.05, 4.69) is 26.4 Å². The molecule has 1 aromatic carbocycles. The lowest BCUT2D eigenvalue weighted by Crippen LogP contribution is -2.45. The number of aryl methyl sites for hydroxylation is 1. The van der Waals surface area contributed by atoms with E-state index >= 15 is 0 Å². The number of nitrogens with one attached hydrogen (secondary N) is 1. The highest BCUT2D eigenvalue weighted by atomic mass is 32.2. The molecule has 0 spiro atoms. The molecular weight excluding hydrogens is 413 g/mol. The number of anilines is 2. The van der Waals surface area contributed by atoms with Crippen molar-refractivity contribution in [3.8, 4) is 0 Å². The molecule has 30 heavy (non-hydrogen) atoms. The molecular formula is C21H23F3N4OS. The van der Waals surface area contributed by atoms with E-state index in [1.807, 2.05) is 25.1 Å². The first kappa shape index (κ1) is 21.0. The third-order valence-corrected chi connectivity index (χ3v) is 6.69. The molecule has 4 rings (SSSR count). The van der Waals surface area contributed by atoms with Crippen LogP contribution in [-0.4, -0.2) is 38.0 Å². The molecule has 1 saturated carbocycles. The molecule has 0 unspecified atom stereocenters. The van der Waals surface area contributed by atoms with E-state index in [0.717, 1.165) is 59.9 Å².